The second-order valence-electron chi connectivity index (χ2n) is 8.46. The molecule has 32 heavy (non-hydrogen) atoms. The van der Waals surface area contributed by atoms with Crippen molar-refractivity contribution >= 4 is 33.2 Å². The zero-order valence-electron chi connectivity index (χ0n) is 18.0. The number of para-hydroxylation sites is 1. The minimum Gasteiger partial charge on any atom is -0.366 e. The zero-order chi connectivity index (χ0) is 22.9. The molecular weight excluding hydrogens is 453 g/mol. The number of sulfonamides is 1. The molecule has 2 aliphatic heterocycles. The van der Waals surface area contributed by atoms with Crippen molar-refractivity contribution in [2.45, 2.75) is 24.7 Å². The Bertz CT molecular complexity index is 1100. The van der Waals surface area contributed by atoms with Crippen LogP contribution in [0.1, 0.15) is 30.1 Å². The maximum atomic E-state index is 14.1. The molecule has 0 atom stereocenters. The molecule has 2 aliphatic rings. The van der Waals surface area contributed by atoms with Crippen LogP contribution in [0.2, 0.25) is 5.02 Å². The number of carbonyl (C=O) groups is 1. The average molecular weight is 480 g/mol. The molecule has 6 nitrogen and oxygen atoms in total. The van der Waals surface area contributed by atoms with Crippen molar-refractivity contribution in [3.8, 4) is 0 Å². The molecular formula is C23H27ClFN3O3S. The SMILES string of the molecule is CC1CCN(S(=O)(=O)c2ccc(Cl)c(C(=O)N3CCN(c4ccccc4F)CC3)c2)CC1. The first-order valence-electron chi connectivity index (χ1n) is 10.9. The summed E-state index contributed by atoms with van der Waals surface area (Å²) in [5.74, 6) is -0.0975. The minimum absolute atomic E-state index is 0.0878. The molecule has 0 radical (unpaired) electrons. The summed E-state index contributed by atoms with van der Waals surface area (Å²) in [7, 11) is -3.68. The largest absolute Gasteiger partial charge is 0.366 e. The van der Waals surface area contributed by atoms with E-state index in [-0.39, 0.29) is 27.2 Å². The zero-order valence-corrected chi connectivity index (χ0v) is 19.6. The number of anilines is 1. The highest BCUT2D eigenvalue weighted by atomic mass is 35.5. The van der Waals surface area contributed by atoms with Gasteiger partial charge in [-0.3, -0.25) is 4.79 Å². The predicted octanol–water partition coefficient (Wildman–Crippen LogP) is 3.86. The van der Waals surface area contributed by atoms with Gasteiger partial charge in [0.25, 0.3) is 5.91 Å². The van der Waals surface area contributed by atoms with Crippen LogP contribution in [0.15, 0.2) is 47.4 Å². The smallest absolute Gasteiger partial charge is 0.255 e. The van der Waals surface area contributed by atoms with Gasteiger partial charge in [0.2, 0.25) is 10.0 Å². The fraction of sp³-hybridized carbons (Fsp3) is 0.435. The summed E-state index contributed by atoms with van der Waals surface area (Å²) in [6.45, 7) is 4.83. The summed E-state index contributed by atoms with van der Waals surface area (Å²) in [4.78, 5) is 16.8. The van der Waals surface area contributed by atoms with E-state index in [4.69, 9.17) is 11.6 Å². The van der Waals surface area contributed by atoms with Crippen molar-refractivity contribution in [3.63, 3.8) is 0 Å². The van der Waals surface area contributed by atoms with Crippen LogP contribution in [0.3, 0.4) is 0 Å². The van der Waals surface area contributed by atoms with Crippen molar-refractivity contribution in [2.24, 2.45) is 5.92 Å². The number of hydrogen-bond acceptors (Lipinski definition) is 4. The Balaban J connectivity index is 1.49. The first kappa shape index (κ1) is 23.0. The molecule has 1 amide bonds. The van der Waals surface area contributed by atoms with Crippen molar-refractivity contribution in [2.75, 3.05) is 44.2 Å². The maximum absolute atomic E-state index is 14.1. The predicted molar refractivity (Wildman–Crippen MR) is 123 cm³/mol. The average Bonchev–Trinajstić information content (AvgIpc) is 2.79. The molecule has 2 aromatic carbocycles. The molecule has 0 bridgehead atoms. The number of amides is 1. The monoisotopic (exact) mass is 479 g/mol. The van der Waals surface area contributed by atoms with E-state index in [1.165, 1.54) is 28.6 Å². The van der Waals surface area contributed by atoms with E-state index in [2.05, 4.69) is 6.92 Å². The van der Waals surface area contributed by atoms with Crippen LogP contribution in [0.4, 0.5) is 10.1 Å². The van der Waals surface area contributed by atoms with E-state index in [1.807, 2.05) is 4.90 Å². The lowest BCUT2D eigenvalue weighted by atomic mass is 10.0. The number of piperazine rings is 1. The lowest BCUT2D eigenvalue weighted by Gasteiger charge is -2.36. The highest BCUT2D eigenvalue weighted by molar-refractivity contribution is 7.89. The fourth-order valence-corrected chi connectivity index (χ4v) is 5.93. The summed E-state index contributed by atoms with van der Waals surface area (Å²) in [5, 5.41) is 0.220. The number of piperidine rings is 1. The Morgan fingerprint density at radius 1 is 1.00 bits per heavy atom. The lowest BCUT2D eigenvalue weighted by Crippen LogP contribution is -2.49. The molecule has 0 spiro atoms. The minimum atomic E-state index is -3.68. The van der Waals surface area contributed by atoms with E-state index in [0.717, 1.165) is 12.8 Å². The molecule has 2 fully saturated rings. The Morgan fingerprint density at radius 3 is 2.31 bits per heavy atom. The summed E-state index contributed by atoms with van der Waals surface area (Å²) in [6.07, 6.45) is 1.65. The van der Waals surface area contributed by atoms with Gasteiger partial charge >= 0.3 is 0 Å². The number of hydrogen-bond donors (Lipinski definition) is 0. The molecule has 4 rings (SSSR count). The van der Waals surface area contributed by atoms with Crippen LogP contribution < -0.4 is 4.90 Å². The summed E-state index contributed by atoms with van der Waals surface area (Å²) >= 11 is 6.29. The van der Waals surface area contributed by atoms with Gasteiger partial charge in [0, 0.05) is 39.3 Å². The topological polar surface area (TPSA) is 60.9 Å². The van der Waals surface area contributed by atoms with Crippen LogP contribution in [0, 0.1) is 11.7 Å². The van der Waals surface area contributed by atoms with Crippen molar-refractivity contribution in [1.29, 1.82) is 0 Å². The van der Waals surface area contributed by atoms with E-state index in [9.17, 15) is 17.6 Å². The first-order chi connectivity index (χ1) is 15.3. The normalized spacial score (nSPS) is 18.7. The number of rotatable bonds is 4. The third-order valence-corrected chi connectivity index (χ3v) is 8.53. The Hall–Kier alpha value is -2.16. The molecule has 2 saturated heterocycles. The van der Waals surface area contributed by atoms with Crippen LogP contribution in [0.25, 0.3) is 0 Å². The highest BCUT2D eigenvalue weighted by Crippen LogP contribution is 2.28. The molecule has 0 aromatic heterocycles. The van der Waals surface area contributed by atoms with Crippen LogP contribution in [-0.4, -0.2) is 62.8 Å². The lowest BCUT2D eigenvalue weighted by molar-refractivity contribution is 0.0746. The Morgan fingerprint density at radius 2 is 1.66 bits per heavy atom. The third-order valence-electron chi connectivity index (χ3n) is 6.31. The molecule has 2 heterocycles. The molecule has 172 valence electrons. The number of halogens is 2. The van der Waals surface area contributed by atoms with Crippen molar-refractivity contribution < 1.29 is 17.6 Å². The molecule has 0 saturated carbocycles. The maximum Gasteiger partial charge on any atom is 0.255 e. The van der Waals surface area contributed by atoms with E-state index in [1.54, 1.807) is 23.1 Å². The van der Waals surface area contributed by atoms with Crippen molar-refractivity contribution in [3.05, 3.63) is 58.9 Å². The van der Waals surface area contributed by atoms with Gasteiger partial charge in [-0.1, -0.05) is 30.7 Å². The highest BCUT2D eigenvalue weighted by Gasteiger charge is 2.30. The molecule has 0 N–H and O–H groups in total. The van der Waals surface area contributed by atoms with Gasteiger partial charge in [-0.15, -0.1) is 0 Å². The standard InChI is InChI=1S/C23H27ClFN3O3S/c1-17-8-10-28(11-9-17)32(30,31)18-6-7-20(24)19(16-18)23(29)27-14-12-26(13-15-27)22-5-3-2-4-21(22)25/h2-7,16-17H,8-15H2,1H3. The molecule has 2 aromatic rings. The quantitative estimate of drug-likeness (QED) is 0.668. The van der Waals surface area contributed by atoms with Crippen molar-refractivity contribution in [1.82, 2.24) is 9.21 Å². The fourth-order valence-electron chi connectivity index (χ4n) is 4.23. The van der Waals surface area contributed by atoms with Gasteiger partial charge in [-0.25, -0.2) is 12.8 Å². The van der Waals surface area contributed by atoms with Crippen LogP contribution in [0.5, 0.6) is 0 Å². The van der Waals surface area contributed by atoms with E-state index in [0.29, 0.717) is 50.9 Å². The van der Waals surface area contributed by atoms with Gasteiger partial charge in [0.1, 0.15) is 5.82 Å². The summed E-state index contributed by atoms with van der Waals surface area (Å²) in [5.41, 5.74) is 0.694. The van der Waals surface area contributed by atoms with Gasteiger partial charge in [-0.2, -0.15) is 4.31 Å². The molecule has 9 heteroatoms. The van der Waals surface area contributed by atoms with Crippen LogP contribution in [-0.2, 0) is 10.0 Å². The number of nitrogens with zero attached hydrogens (tertiary/aromatic N) is 3. The van der Waals surface area contributed by atoms with Crippen LogP contribution >= 0.6 is 11.6 Å². The second-order valence-corrected chi connectivity index (χ2v) is 10.8. The number of benzene rings is 2. The van der Waals surface area contributed by atoms with Gasteiger partial charge in [0.15, 0.2) is 0 Å². The third kappa shape index (κ3) is 4.63. The van der Waals surface area contributed by atoms with Gasteiger partial charge in [-0.05, 0) is 49.1 Å². The first-order valence-corrected chi connectivity index (χ1v) is 12.7. The van der Waals surface area contributed by atoms with Gasteiger partial charge in [0.05, 0.1) is 21.2 Å². The summed E-state index contributed by atoms with van der Waals surface area (Å²) in [6, 6.07) is 10.9. The number of carbonyl (C=O) groups excluding carboxylic acids is 1. The molecule has 0 unspecified atom stereocenters. The Kier molecular flexibility index (Phi) is 6.74. The second kappa shape index (κ2) is 9.37. The van der Waals surface area contributed by atoms with E-state index >= 15 is 0 Å². The summed E-state index contributed by atoms with van der Waals surface area (Å²) < 4.78 is 41.8. The molecule has 0 aliphatic carbocycles. The van der Waals surface area contributed by atoms with E-state index < -0.39 is 10.0 Å². The van der Waals surface area contributed by atoms with Gasteiger partial charge < -0.3 is 9.80 Å². The Labute approximate surface area is 193 Å².